The van der Waals surface area contributed by atoms with Gasteiger partial charge in [0.25, 0.3) is 0 Å². The average molecular weight is 333 g/mol. The summed E-state index contributed by atoms with van der Waals surface area (Å²) in [4.78, 5) is 2.31. The summed E-state index contributed by atoms with van der Waals surface area (Å²) in [6.45, 7) is 3.67. The Bertz CT molecular complexity index is 568. The van der Waals surface area contributed by atoms with Gasteiger partial charge in [0.2, 0.25) is 0 Å². The highest BCUT2D eigenvalue weighted by molar-refractivity contribution is 9.10. The number of hydrogen-bond acceptors (Lipinski definition) is 2. The van der Waals surface area contributed by atoms with Gasteiger partial charge in [0.15, 0.2) is 0 Å². The number of hydrogen-bond donors (Lipinski definition) is 1. The van der Waals surface area contributed by atoms with Gasteiger partial charge in [-0.1, -0.05) is 52.3 Å². The molecule has 106 valence electrons. The Balaban J connectivity index is 2.17. The van der Waals surface area contributed by atoms with E-state index in [1.807, 2.05) is 6.07 Å². The molecule has 0 fully saturated rings. The van der Waals surface area contributed by atoms with Crippen LogP contribution in [-0.2, 0) is 6.54 Å². The summed E-state index contributed by atoms with van der Waals surface area (Å²) < 4.78 is 1.10. The molecule has 0 radical (unpaired) electrons. The highest BCUT2D eigenvalue weighted by Crippen LogP contribution is 2.23. The Labute approximate surface area is 129 Å². The van der Waals surface area contributed by atoms with Gasteiger partial charge in [-0.15, -0.1) is 0 Å². The van der Waals surface area contributed by atoms with Crippen molar-refractivity contribution in [2.24, 2.45) is 5.73 Å². The van der Waals surface area contributed by atoms with Gasteiger partial charge in [-0.2, -0.15) is 0 Å². The molecule has 0 amide bonds. The Morgan fingerprint density at radius 2 is 1.90 bits per heavy atom. The molecule has 2 N–H and O–H groups in total. The van der Waals surface area contributed by atoms with Crippen LogP contribution in [0, 0.1) is 6.92 Å². The molecule has 0 aromatic heterocycles. The lowest BCUT2D eigenvalue weighted by molar-refractivity contribution is 0.241. The molecule has 0 aliphatic heterocycles. The number of benzene rings is 2. The Kier molecular flexibility index (Phi) is 5.35. The Morgan fingerprint density at radius 3 is 2.55 bits per heavy atom. The largest absolute Gasteiger partial charge is 0.329 e. The molecule has 2 aromatic rings. The minimum atomic E-state index is 0.229. The summed E-state index contributed by atoms with van der Waals surface area (Å²) in [5.41, 5.74) is 9.91. The van der Waals surface area contributed by atoms with Crippen LogP contribution in [0.1, 0.15) is 22.7 Å². The van der Waals surface area contributed by atoms with Crippen molar-refractivity contribution in [1.82, 2.24) is 4.90 Å². The van der Waals surface area contributed by atoms with Gasteiger partial charge in [0, 0.05) is 23.6 Å². The molecular formula is C17H21BrN2. The van der Waals surface area contributed by atoms with Gasteiger partial charge in [-0.05, 0) is 42.8 Å². The van der Waals surface area contributed by atoms with Crippen molar-refractivity contribution in [2.75, 3.05) is 13.6 Å². The third kappa shape index (κ3) is 3.69. The van der Waals surface area contributed by atoms with E-state index in [0.29, 0.717) is 6.54 Å². The zero-order chi connectivity index (χ0) is 14.5. The minimum Gasteiger partial charge on any atom is -0.329 e. The van der Waals surface area contributed by atoms with E-state index in [2.05, 4.69) is 77.3 Å². The highest BCUT2D eigenvalue weighted by atomic mass is 79.9. The number of nitrogens with zero attached hydrogens (tertiary/aromatic N) is 1. The molecule has 0 saturated carbocycles. The van der Waals surface area contributed by atoms with Crippen molar-refractivity contribution in [2.45, 2.75) is 19.5 Å². The molecule has 2 aromatic carbocycles. The van der Waals surface area contributed by atoms with E-state index in [1.165, 1.54) is 16.7 Å². The van der Waals surface area contributed by atoms with Crippen molar-refractivity contribution in [3.8, 4) is 0 Å². The van der Waals surface area contributed by atoms with Crippen LogP contribution < -0.4 is 5.73 Å². The van der Waals surface area contributed by atoms with Crippen LogP contribution >= 0.6 is 15.9 Å². The molecule has 0 aliphatic carbocycles. The summed E-state index contributed by atoms with van der Waals surface area (Å²) in [5.74, 6) is 0. The van der Waals surface area contributed by atoms with Crippen LogP contribution in [0.4, 0.5) is 0 Å². The first-order valence-electron chi connectivity index (χ1n) is 6.82. The predicted octanol–water partition coefficient (Wildman–Crippen LogP) is 3.89. The predicted molar refractivity (Wildman–Crippen MR) is 88.6 cm³/mol. The maximum Gasteiger partial charge on any atom is 0.0471 e. The first kappa shape index (κ1) is 15.2. The van der Waals surface area contributed by atoms with Crippen LogP contribution in [0.15, 0.2) is 53.0 Å². The van der Waals surface area contributed by atoms with E-state index in [4.69, 9.17) is 5.73 Å². The summed E-state index contributed by atoms with van der Waals surface area (Å²) in [6, 6.07) is 17.1. The minimum absolute atomic E-state index is 0.229. The van der Waals surface area contributed by atoms with Crippen LogP contribution in [0.3, 0.4) is 0 Å². The molecule has 0 bridgehead atoms. The number of aryl methyl sites for hydroxylation is 1. The first-order chi connectivity index (χ1) is 9.61. The van der Waals surface area contributed by atoms with Crippen LogP contribution in [0.2, 0.25) is 0 Å². The van der Waals surface area contributed by atoms with Crippen LogP contribution in [-0.4, -0.2) is 18.5 Å². The second kappa shape index (κ2) is 7.02. The molecule has 0 heterocycles. The maximum atomic E-state index is 5.99. The van der Waals surface area contributed by atoms with E-state index >= 15 is 0 Å². The Hall–Kier alpha value is -1.16. The molecule has 2 rings (SSSR count). The lowest BCUT2D eigenvalue weighted by Crippen LogP contribution is -2.30. The van der Waals surface area contributed by atoms with Crippen LogP contribution in [0.25, 0.3) is 0 Å². The van der Waals surface area contributed by atoms with E-state index in [-0.39, 0.29) is 6.04 Å². The summed E-state index contributed by atoms with van der Waals surface area (Å²) in [5, 5.41) is 0. The van der Waals surface area contributed by atoms with E-state index in [9.17, 15) is 0 Å². The van der Waals surface area contributed by atoms with Crippen molar-refractivity contribution in [3.05, 3.63) is 69.7 Å². The quantitative estimate of drug-likeness (QED) is 0.899. The molecular weight excluding hydrogens is 312 g/mol. The third-order valence-corrected chi connectivity index (χ3v) is 4.16. The summed E-state index contributed by atoms with van der Waals surface area (Å²) in [7, 11) is 2.13. The van der Waals surface area contributed by atoms with Gasteiger partial charge >= 0.3 is 0 Å². The number of likely N-dealkylation sites (N-methyl/N-ethyl adjacent to an activating group) is 1. The van der Waals surface area contributed by atoms with Gasteiger partial charge in [-0.25, -0.2) is 0 Å². The fourth-order valence-corrected chi connectivity index (χ4v) is 2.87. The highest BCUT2D eigenvalue weighted by Gasteiger charge is 2.16. The fraction of sp³-hybridized carbons (Fsp3) is 0.294. The standard InChI is InChI=1S/C17H21BrN2/c1-13-6-3-4-7-15(13)12-20(2)17(11-19)14-8-5-9-16(18)10-14/h3-10,17H,11-12,19H2,1-2H3. The lowest BCUT2D eigenvalue weighted by atomic mass is 10.0. The van der Waals surface area contributed by atoms with Gasteiger partial charge in [-0.3, -0.25) is 4.90 Å². The van der Waals surface area contributed by atoms with Gasteiger partial charge in [0.05, 0.1) is 0 Å². The molecule has 1 unspecified atom stereocenters. The maximum absolute atomic E-state index is 5.99. The topological polar surface area (TPSA) is 29.3 Å². The zero-order valence-electron chi connectivity index (χ0n) is 12.0. The lowest BCUT2D eigenvalue weighted by Gasteiger charge is -2.28. The first-order valence-corrected chi connectivity index (χ1v) is 7.61. The average Bonchev–Trinajstić information content (AvgIpc) is 2.42. The molecule has 0 saturated heterocycles. The molecule has 0 spiro atoms. The number of nitrogens with two attached hydrogens (primary N) is 1. The van der Waals surface area contributed by atoms with Crippen molar-refractivity contribution < 1.29 is 0 Å². The SMILES string of the molecule is Cc1ccccc1CN(C)C(CN)c1cccc(Br)c1. The number of halogens is 1. The van der Waals surface area contributed by atoms with Crippen LogP contribution in [0.5, 0.6) is 0 Å². The number of rotatable bonds is 5. The van der Waals surface area contributed by atoms with Crippen molar-refractivity contribution in [3.63, 3.8) is 0 Å². The van der Waals surface area contributed by atoms with Gasteiger partial charge in [0.1, 0.15) is 0 Å². The summed E-state index contributed by atoms with van der Waals surface area (Å²) in [6.07, 6.45) is 0. The molecule has 1 atom stereocenters. The van der Waals surface area contributed by atoms with E-state index < -0.39 is 0 Å². The summed E-state index contributed by atoms with van der Waals surface area (Å²) >= 11 is 3.53. The van der Waals surface area contributed by atoms with E-state index in [0.717, 1.165) is 11.0 Å². The van der Waals surface area contributed by atoms with E-state index in [1.54, 1.807) is 0 Å². The zero-order valence-corrected chi connectivity index (χ0v) is 13.6. The fourth-order valence-electron chi connectivity index (χ4n) is 2.45. The normalized spacial score (nSPS) is 12.7. The Morgan fingerprint density at radius 1 is 1.15 bits per heavy atom. The second-order valence-electron chi connectivity index (χ2n) is 5.15. The van der Waals surface area contributed by atoms with Gasteiger partial charge < -0.3 is 5.73 Å². The van der Waals surface area contributed by atoms with Crippen molar-refractivity contribution in [1.29, 1.82) is 0 Å². The third-order valence-electron chi connectivity index (χ3n) is 3.67. The molecule has 2 nitrogen and oxygen atoms in total. The second-order valence-corrected chi connectivity index (χ2v) is 6.06. The smallest absolute Gasteiger partial charge is 0.0471 e. The monoisotopic (exact) mass is 332 g/mol. The molecule has 3 heteroatoms. The molecule has 20 heavy (non-hydrogen) atoms. The van der Waals surface area contributed by atoms with Crippen molar-refractivity contribution >= 4 is 15.9 Å². The molecule has 0 aliphatic rings.